The Hall–Kier alpha value is -1.84. The van der Waals surface area contributed by atoms with Gasteiger partial charge in [0.25, 0.3) is 5.91 Å². The fourth-order valence-corrected chi connectivity index (χ4v) is 2.05. The van der Waals surface area contributed by atoms with E-state index in [-0.39, 0.29) is 5.91 Å². The van der Waals surface area contributed by atoms with Crippen LogP contribution >= 0.6 is 0 Å². The summed E-state index contributed by atoms with van der Waals surface area (Å²) >= 11 is 0. The van der Waals surface area contributed by atoms with Gasteiger partial charge >= 0.3 is 0 Å². The van der Waals surface area contributed by atoms with Crippen LogP contribution in [-0.2, 0) is 4.79 Å². The van der Waals surface area contributed by atoms with Gasteiger partial charge in [-0.25, -0.2) is 0 Å². The Kier molecular flexibility index (Phi) is 2.90. The van der Waals surface area contributed by atoms with Crippen LogP contribution in [0.25, 0.3) is 0 Å². The van der Waals surface area contributed by atoms with Gasteiger partial charge in [0.1, 0.15) is 6.04 Å². The molecule has 4 nitrogen and oxygen atoms in total. The minimum absolute atomic E-state index is 0.109. The molecule has 1 saturated heterocycles. The average Bonchev–Trinajstić information content (AvgIpc) is 2.78. The maximum atomic E-state index is 12.1. The minimum atomic E-state index is -0.437. The Morgan fingerprint density at radius 2 is 1.94 bits per heavy atom. The van der Waals surface area contributed by atoms with Gasteiger partial charge in [0.15, 0.2) is 0 Å². The molecule has 0 aromatic heterocycles. The van der Waals surface area contributed by atoms with Gasteiger partial charge in [0.05, 0.1) is 0 Å². The van der Waals surface area contributed by atoms with E-state index in [9.17, 15) is 9.59 Å². The highest BCUT2D eigenvalue weighted by molar-refractivity contribution is 5.97. The number of likely N-dealkylation sites (tertiary alicyclic amines) is 1. The average molecular weight is 218 g/mol. The maximum Gasteiger partial charge on any atom is 0.254 e. The minimum Gasteiger partial charge on any atom is -0.368 e. The van der Waals surface area contributed by atoms with Crippen molar-refractivity contribution >= 4 is 11.8 Å². The Bertz CT molecular complexity index is 403. The summed E-state index contributed by atoms with van der Waals surface area (Å²) in [5, 5.41) is 0. The molecule has 0 radical (unpaired) electrons. The van der Waals surface area contributed by atoms with E-state index in [0.717, 1.165) is 6.42 Å². The zero-order valence-corrected chi connectivity index (χ0v) is 8.93. The molecular formula is C12H14N2O2. The van der Waals surface area contributed by atoms with Crippen LogP contribution in [0.1, 0.15) is 23.2 Å². The number of rotatable bonds is 2. The lowest BCUT2D eigenvalue weighted by Crippen LogP contribution is -2.43. The van der Waals surface area contributed by atoms with Crippen molar-refractivity contribution in [3.05, 3.63) is 35.9 Å². The fraction of sp³-hybridized carbons (Fsp3) is 0.333. The van der Waals surface area contributed by atoms with Crippen molar-refractivity contribution in [1.82, 2.24) is 4.90 Å². The number of nitrogens with zero attached hydrogens (tertiary/aromatic N) is 1. The second-order valence-electron chi connectivity index (χ2n) is 3.92. The molecule has 2 amide bonds. The number of carbonyl (C=O) groups is 2. The zero-order chi connectivity index (χ0) is 11.5. The van der Waals surface area contributed by atoms with Gasteiger partial charge in [-0.05, 0) is 25.0 Å². The lowest BCUT2D eigenvalue weighted by Gasteiger charge is -2.22. The van der Waals surface area contributed by atoms with E-state index in [4.69, 9.17) is 5.73 Å². The largest absolute Gasteiger partial charge is 0.368 e. The molecule has 2 N–H and O–H groups in total. The topological polar surface area (TPSA) is 63.4 Å². The monoisotopic (exact) mass is 218 g/mol. The number of hydrogen-bond donors (Lipinski definition) is 1. The zero-order valence-electron chi connectivity index (χ0n) is 8.93. The predicted octanol–water partition coefficient (Wildman–Crippen LogP) is 0.776. The summed E-state index contributed by atoms with van der Waals surface area (Å²) < 4.78 is 0. The number of carbonyl (C=O) groups excluding carboxylic acids is 2. The van der Waals surface area contributed by atoms with Gasteiger partial charge in [-0.2, -0.15) is 0 Å². The van der Waals surface area contributed by atoms with E-state index in [1.165, 1.54) is 0 Å². The molecule has 0 unspecified atom stereocenters. The third-order valence-electron chi connectivity index (χ3n) is 2.86. The van der Waals surface area contributed by atoms with Crippen LogP contribution in [0.4, 0.5) is 0 Å². The molecule has 1 heterocycles. The Morgan fingerprint density at radius 1 is 1.25 bits per heavy atom. The Morgan fingerprint density at radius 3 is 2.56 bits per heavy atom. The smallest absolute Gasteiger partial charge is 0.254 e. The lowest BCUT2D eigenvalue weighted by atomic mass is 10.1. The molecule has 0 aliphatic carbocycles. The number of hydrogen-bond acceptors (Lipinski definition) is 2. The van der Waals surface area contributed by atoms with E-state index in [1.807, 2.05) is 18.2 Å². The van der Waals surface area contributed by atoms with E-state index in [1.54, 1.807) is 17.0 Å². The molecule has 84 valence electrons. The van der Waals surface area contributed by atoms with Crippen molar-refractivity contribution < 1.29 is 9.59 Å². The SMILES string of the molecule is NC(=O)[C@@H]1CCCN1C(=O)c1ccccc1. The van der Waals surface area contributed by atoms with E-state index in [0.29, 0.717) is 18.5 Å². The summed E-state index contributed by atoms with van der Waals surface area (Å²) in [7, 11) is 0. The summed E-state index contributed by atoms with van der Waals surface area (Å²) in [5.74, 6) is -0.524. The summed E-state index contributed by atoms with van der Waals surface area (Å²) in [4.78, 5) is 24.8. The summed E-state index contributed by atoms with van der Waals surface area (Å²) in [5.41, 5.74) is 5.88. The van der Waals surface area contributed by atoms with Crippen molar-refractivity contribution in [2.45, 2.75) is 18.9 Å². The van der Waals surface area contributed by atoms with Crippen LogP contribution in [0.2, 0.25) is 0 Å². The van der Waals surface area contributed by atoms with Crippen LogP contribution in [0.3, 0.4) is 0 Å². The third-order valence-corrected chi connectivity index (χ3v) is 2.86. The first-order valence-corrected chi connectivity index (χ1v) is 5.35. The highest BCUT2D eigenvalue weighted by Crippen LogP contribution is 2.19. The molecule has 1 aliphatic heterocycles. The molecule has 0 spiro atoms. The van der Waals surface area contributed by atoms with Gasteiger partial charge < -0.3 is 10.6 Å². The van der Waals surface area contributed by atoms with Gasteiger partial charge in [-0.1, -0.05) is 18.2 Å². The van der Waals surface area contributed by atoms with Gasteiger partial charge in [0.2, 0.25) is 5.91 Å². The lowest BCUT2D eigenvalue weighted by molar-refractivity contribution is -0.121. The van der Waals surface area contributed by atoms with Crippen molar-refractivity contribution in [2.75, 3.05) is 6.54 Å². The molecule has 0 saturated carbocycles. The number of benzene rings is 1. The normalized spacial score (nSPS) is 19.8. The fourth-order valence-electron chi connectivity index (χ4n) is 2.05. The molecule has 1 fully saturated rings. The molecule has 1 aliphatic rings. The molecule has 1 atom stereocenters. The quantitative estimate of drug-likeness (QED) is 0.797. The van der Waals surface area contributed by atoms with Gasteiger partial charge in [-0.3, -0.25) is 9.59 Å². The molecule has 16 heavy (non-hydrogen) atoms. The standard InChI is InChI=1S/C12H14N2O2/c13-11(15)10-7-4-8-14(10)12(16)9-5-2-1-3-6-9/h1-3,5-6,10H,4,7-8H2,(H2,13,15)/t10-/m0/s1. The van der Waals surface area contributed by atoms with Crippen molar-refractivity contribution in [3.8, 4) is 0 Å². The first-order valence-electron chi connectivity index (χ1n) is 5.35. The van der Waals surface area contributed by atoms with Crippen molar-refractivity contribution in [3.63, 3.8) is 0 Å². The first kappa shape index (κ1) is 10.7. The Labute approximate surface area is 94.0 Å². The second kappa shape index (κ2) is 4.35. The van der Waals surface area contributed by atoms with Crippen molar-refractivity contribution in [2.24, 2.45) is 5.73 Å². The van der Waals surface area contributed by atoms with Gasteiger partial charge in [0, 0.05) is 12.1 Å². The second-order valence-corrected chi connectivity index (χ2v) is 3.92. The highest BCUT2D eigenvalue weighted by atomic mass is 16.2. The summed E-state index contributed by atoms with van der Waals surface area (Å²) in [6, 6.07) is 8.53. The number of nitrogens with two attached hydrogens (primary N) is 1. The molecular weight excluding hydrogens is 204 g/mol. The van der Waals surface area contributed by atoms with Crippen LogP contribution in [0.5, 0.6) is 0 Å². The molecule has 1 aromatic rings. The number of amides is 2. The first-order chi connectivity index (χ1) is 7.70. The van der Waals surface area contributed by atoms with Crippen LogP contribution < -0.4 is 5.73 Å². The van der Waals surface area contributed by atoms with Crippen LogP contribution in [0.15, 0.2) is 30.3 Å². The predicted molar refractivity (Wildman–Crippen MR) is 59.7 cm³/mol. The van der Waals surface area contributed by atoms with Crippen LogP contribution in [0, 0.1) is 0 Å². The molecule has 4 heteroatoms. The van der Waals surface area contributed by atoms with E-state index < -0.39 is 11.9 Å². The number of primary amides is 1. The summed E-state index contributed by atoms with van der Waals surface area (Å²) in [6.45, 7) is 0.612. The molecule has 2 rings (SSSR count). The van der Waals surface area contributed by atoms with Crippen LogP contribution in [-0.4, -0.2) is 29.3 Å². The Balaban J connectivity index is 2.19. The third kappa shape index (κ3) is 1.91. The molecule has 0 bridgehead atoms. The van der Waals surface area contributed by atoms with E-state index >= 15 is 0 Å². The van der Waals surface area contributed by atoms with E-state index in [2.05, 4.69) is 0 Å². The molecule has 1 aromatic carbocycles. The summed E-state index contributed by atoms with van der Waals surface area (Å²) in [6.07, 6.45) is 1.51. The maximum absolute atomic E-state index is 12.1. The highest BCUT2D eigenvalue weighted by Gasteiger charge is 2.32. The van der Waals surface area contributed by atoms with Crippen molar-refractivity contribution in [1.29, 1.82) is 0 Å². The van der Waals surface area contributed by atoms with Gasteiger partial charge in [-0.15, -0.1) is 0 Å².